The number of amides is 1. The minimum absolute atomic E-state index is 0.0618. The molecule has 0 N–H and O–H groups in total. The van der Waals surface area contributed by atoms with Gasteiger partial charge in [0.05, 0.1) is 26.8 Å². The molecule has 0 saturated carbocycles. The summed E-state index contributed by atoms with van der Waals surface area (Å²) < 4.78 is 11.5. The van der Waals surface area contributed by atoms with E-state index in [0.717, 1.165) is 30.9 Å². The van der Waals surface area contributed by atoms with Crippen molar-refractivity contribution in [3.63, 3.8) is 0 Å². The molecule has 2 heterocycles. The molecule has 4 rings (SSSR count). The number of likely N-dealkylation sites (tertiary alicyclic amines) is 1. The Bertz CT molecular complexity index is 846. The molecule has 2 aromatic carbocycles. The highest BCUT2D eigenvalue weighted by molar-refractivity contribution is 5.97. The largest absolute Gasteiger partial charge is 0.496 e. The van der Waals surface area contributed by atoms with Gasteiger partial charge < -0.3 is 14.4 Å². The lowest BCUT2D eigenvalue weighted by molar-refractivity contribution is -0.0951. The number of likely N-dealkylation sites (N-methyl/N-ethyl adjacent to an activating group) is 1. The first-order chi connectivity index (χ1) is 13.5. The molecular formula is C23H28N2O3. The van der Waals surface area contributed by atoms with Crippen LogP contribution in [0, 0.1) is 6.92 Å². The van der Waals surface area contributed by atoms with Gasteiger partial charge in [-0.25, -0.2) is 0 Å². The van der Waals surface area contributed by atoms with Crippen molar-refractivity contribution < 1.29 is 14.3 Å². The van der Waals surface area contributed by atoms with Crippen molar-refractivity contribution in [2.45, 2.75) is 31.5 Å². The molecule has 1 spiro atoms. The van der Waals surface area contributed by atoms with Crippen molar-refractivity contribution in [3.05, 3.63) is 65.2 Å². The van der Waals surface area contributed by atoms with Crippen LogP contribution in [0.25, 0.3) is 0 Å². The number of methoxy groups -OCH3 is 1. The molecule has 2 aromatic rings. The topological polar surface area (TPSA) is 42.0 Å². The van der Waals surface area contributed by atoms with Gasteiger partial charge in [-0.15, -0.1) is 0 Å². The van der Waals surface area contributed by atoms with Gasteiger partial charge in [0.2, 0.25) is 0 Å². The summed E-state index contributed by atoms with van der Waals surface area (Å²) in [6.07, 6.45) is 0.969. The van der Waals surface area contributed by atoms with E-state index in [1.807, 2.05) is 36.1 Å². The number of carbonyl (C=O) groups is 1. The van der Waals surface area contributed by atoms with Crippen LogP contribution in [0.1, 0.15) is 27.9 Å². The predicted octanol–water partition coefficient (Wildman–Crippen LogP) is 3.12. The predicted molar refractivity (Wildman–Crippen MR) is 109 cm³/mol. The second kappa shape index (κ2) is 7.57. The van der Waals surface area contributed by atoms with Crippen LogP contribution >= 0.6 is 0 Å². The van der Waals surface area contributed by atoms with E-state index in [2.05, 4.69) is 36.2 Å². The molecule has 0 bridgehead atoms. The molecule has 2 fully saturated rings. The second-order valence-electron chi connectivity index (χ2n) is 8.05. The number of nitrogens with zero attached hydrogens (tertiary/aromatic N) is 2. The van der Waals surface area contributed by atoms with Crippen LogP contribution in [0.3, 0.4) is 0 Å². The van der Waals surface area contributed by atoms with Crippen molar-refractivity contribution in [2.24, 2.45) is 0 Å². The summed E-state index contributed by atoms with van der Waals surface area (Å²) in [5.41, 5.74) is 2.73. The summed E-state index contributed by atoms with van der Waals surface area (Å²) in [6.45, 7) is 4.90. The molecule has 0 radical (unpaired) electrons. The smallest absolute Gasteiger partial charge is 0.254 e. The van der Waals surface area contributed by atoms with Gasteiger partial charge in [-0.2, -0.15) is 0 Å². The Kier molecular flexibility index (Phi) is 5.13. The van der Waals surface area contributed by atoms with Crippen LogP contribution in [-0.2, 0) is 11.3 Å². The molecule has 0 aliphatic carbocycles. The average molecular weight is 380 g/mol. The van der Waals surface area contributed by atoms with Crippen LogP contribution in [0.5, 0.6) is 5.75 Å². The quantitative estimate of drug-likeness (QED) is 0.799. The lowest BCUT2D eigenvalue weighted by Crippen LogP contribution is -2.63. The zero-order valence-corrected chi connectivity index (χ0v) is 16.9. The lowest BCUT2D eigenvalue weighted by Gasteiger charge is -2.47. The fraction of sp³-hybridized carbons (Fsp3) is 0.435. The highest BCUT2D eigenvalue weighted by Crippen LogP contribution is 2.38. The van der Waals surface area contributed by atoms with E-state index < -0.39 is 0 Å². The number of rotatable bonds is 5. The molecule has 2 aliphatic rings. The van der Waals surface area contributed by atoms with E-state index in [-0.39, 0.29) is 11.5 Å². The van der Waals surface area contributed by atoms with Gasteiger partial charge in [0.1, 0.15) is 11.4 Å². The average Bonchev–Trinajstić information content (AvgIpc) is 3.13. The third kappa shape index (κ3) is 3.52. The standard InChI is InChI=1S/C23H28N2O3/c1-17-20(10-7-11-21(17)27-3)22(26)25-15-23(16-25)12-19(14-28-23)24(2)13-18-8-5-4-6-9-18/h4-11,19H,12-16H2,1-3H3. The van der Waals surface area contributed by atoms with Crippen LogP contribution in [0.4, 0.5) is 0 Å². The molecule has 5 nitrogen and oxygen atoms in total. The number of benzene rings is 2. The molecule has 5 heteroatoms. The molecular weight excluding hydrogens is 352 g/mol. The highest BCUT2D eigenvalue weighted by Gasteiger charge is 2.52. The summed E-state index contributed by atoms with van der Waals surface area (Å²) in [4.78, 5) is 17.2. The lowest BCUT2D eigenvalue weighted by atomic mass is 9.88. The Morgan fingerprint density at radius 3 is 2.68 bits per heavy atom. The Balaban J connectivity index is 1.35. The maximum atomic E-state index is 12.9. The molecule has 0 aromatic heterocycles. The molecule has 1 amide bonds. The molecule has 1 atom stereocenters. The summed E-state index contributed by atoms with van der Waals surface area (Å²) >= 11 is 0. The van der Waals surface area contributed by atoms with Crippen LogP contribution in [-0.4, -0.2) is 61.2 Å². The van der Waals surface area contributed by atoms with Gasteiger partial charge in [0.25, 0.3) is 5.91 Å². The fourth-order valence-electron chi connectivity index (χ4n) is 4.35. The van der Waals surface area contributed by atoms with Crippen LogP contribution < -0.4 is 4.74 Å². The summed E-state index contributed by atoms with van der Waals surface area (Å²) in [6, 6.07) is 16.5. The Morgan fingerprint density at radius 2 is 1.96 bits per heavy atom. The second-order valence-corrected chi connectivity index (χ2v) is 8.05. The maximum Gasteiger partial charge on any atom is 0.254 e. The van der Waals surface area contributed by atoms with Crippen molar-refractivity contribution in [1.82, 2.24) is 9.80 Å². The van der Waals surface area contributed by atoms with Gasteiger partial charge in [-0.3, -0.25) is 9.69 Å². The minimum atomic E-state index is -0.182. The van der Waals surface area contributed by atoms with E-state index >= 15 is 0 Å². The van der Waals surface area contributed by atoms with Gasteiger partial charge in [0, 0.05) is 23.7 Å². The zero-order valence-electron chi connectivity index (χ0n) is 16.9. The van der Waals surface area contributed by atoms with Gasteiger partial charge in [0.15, 0.2) is 0 Å². The van der Waals surface area contributed by atoms with E-state index in [1.165, 1.54) is 5.56 Å². The Morgan fingerprint density at radius 1 is 1.21 bits per heavy atom. The number of hydrogen-bond donors (Lipinski definition) is 0. The minimum Gasteiger partial charge on any atom is -0.496 e. The zero-order chi connectivity index (χ0) is 19.7. The van der Waals surface area contributed by atoms with Crippen LogP contribution in [0.2, 0.25) is 0 Å². The number of carbonyl (C=O) groups excluding carboxylic acids is 1. The highest BCUT2D eigenvalue weighted by atomic mass is 16.5. The van der Waals surface area contributed by atoms with Crippen molar-refractivity contribution in [2.75, 3.05) is 33.9 Å². The molecule has 148 valence electrons. The molecule has 1 unspecified atom stereocenters. The van der Waals surface area contributed by atoms with Gasteiger partial charge in [-0.05, 0) is 38.1 Å². The third-order valence-electron chi connectivity index (χ3n) is 6.07. The van der Waals surface area contributed by atoms with E-state index in [0.29, 0.717) is 24.7 Å². The fourth-order valence-corrected chi connectivity index (χ4v) is 4.35. The normalized spacial score (nSPS) is 20.4. The molecule has 2 aliphatic heterocycles. The molecule has 2 saturated heterocycles. The SMILES string of the molecule is COc1cccc(C(=O)N2CC3(CC(N(C)Cc4ccccc4)CO3)C2)c1C. The third-order valence-corrected chi connectivity index (χ3v) is 6.07. The summed E-state index contributed by atoms with van der Waals surface area (Å²) in [5, 5.41) is 0. The van der Waals surface area contributed by atoms with E-state index in [4.69, 9.17) is 9.47 Å². The number of hydrogen-bond acceptors (Lipinski definition) is 4. The molecule has 28 heavy (non-hydrogen) atoms. The first-order valence-electron chi connectivity index (χ1n) is 9.82. The van der Waals surface area contributed by atoms with Gasteiger partial charge >= 0.3 is 0 Å². The first kappa shape index (κ1) is 19.0. The first-order valence-corrected chi connectivity index (χ1v) is 9.82. The van der Waals surface area contributed by atoms with Crippen molar-refractivity contribution >= 4 is 5.91 Å². The van der Waals surface area contributed by atoms with Crippen LogP contribution in [0.15, 0.2) is 48.5 Å². The van der Waals surface area contributed by atoms with E-state index in [9.17, 15) is 4.79 Å². The van der Waals surface area contributed by atoms with Gasteiger partial charge in [-0.1, -0.05) is 36.4 Å². The van der Waals surface area contributed by atoms with E-state index in [1.54, 1.807) is 7.11 Å². The summed E-state index contributed by atoms with van der Waals surface area (Å²) in [5.74, 6) is 0.813. The Labute approximate surface area is 166 Å². The maximum absolute atomic E-state index is 12.9. The number of ether oxygens (including phenoxy) is 2. The summed E-state index contributed by atoms with van der Waals surface area (Å²) in [7, 11) is 3.79. The monoisotopic (exact) mass is 380 g/mol. The van der Waals surface area contributed by atoms with Crippen molar-refractivity contribution in [1.29, 1.82) is 0 Å². The Hall–Kier alpha value is -2.37. The van der Waals surface area contributed by atoms with Crippen molar-refractivity contribution in [3.8, 4) is 5.75 Å².